The molecular formula is C14H16N2O2. The van der Waals surface area contributed by atoms with Crippen molar-refractivity contribution >= 4 is 5.97 Å². The lowest BCUT2D eigenvalue weighted by atomic mass is 10.0. The van der Waals surface area contributed by atoms with Gasteiger partial charge in [-0.25, -0.2) is 4.79 Å². The molecule has 0 saturated heterocycles. The van der Waals surface area contributed by atoms with Crippen LogP contribution in [0.1, 0.15) is 28.5 Å². The first-order chi connectivity index (χ1) is 8.61. The zero-order chi connectivity index (χ0) is 13.1. The minimum atomic E-state index is -0.375. The first-order valence-electron chi connectivity index (χ1n) is 5.92. The number of H-pyrrole nitrogens is 1. The third-order valence-electron chi connectivity index (χ3n) is 2.88. The topological polar surface area (TPSA) is 55.0 Å². The molecule has 1 aromatic heterocycles. The first-order valence-corrected chi connectivity index (χ1v) is 5.92. The van der Waals surface area contributed by atoms with E-state index >= 15 is 0 Å². The van der Waals surface area contributed by atoms with E-state index in [4.69, 9.17) is 4.74 Å². The van der Waals surface area contributed by atoms with Crippen LogP contribution in [0.2, 0.25) is 0 Å². The second kappa shape index (κ2) is 5.04. The van der Waals surface area contributed by atoms with E-state index in [2.05, 4.69) is 30.1 Å². The maximum Gasteiger partial charge on any atom is 0.356 e. The van der Waals surface area contributed by atoms with Crippen LogP contribution in [0.25, 0.3) is 11.3 Å². The lowest BCUT2D eigenvalue weighted by Crippen LogP contribution is -2.04. The van der Waals surface area contributed by atoms with Gasteiger partial charge in [-0.1, -0.05) is 12.1 Å². The van der Waals surface area contributed by atoms with E-state index in [9.17, 15) is 4.79 Å². The average Bonchev–Trinajstić information content (AvgIpc) is 2.82. The summed E-state index contributed by atoms with van der Waals surface area (Å²) >= 11 is 0. The van der Waals surface area contributed by atoms with E-state index in [-0.39, 0.29) is 5.97 Å². The molecule has 1 aromatic carbocycles. The summed E-state index contributed by atoms with van der Waals surface area (Å²) in [6.07, 6.45) is 0. The van der Waals surface area contributed by atoms with Crippen LogP contribution in [0.4, 0.5) is 0 Å². The predicted molar refractivity (Wildman–Crippen MR) is 69.5 cm³/mol. The quantitative estimate of drug-likeness (QED) is 0.845. The summed E-state index contributed by atoms with van der Waals surface area (Å²) in [6, 6.07) is 7.80. The number of aromatic nitrogens is 2. The Labute approximate surface area is 106 Å². The van der Waals surface area contributed by atoms with Crippen molar-refractivity contribution in [1.82, 2.24) is 10.2 Å². The fourth-order valence-corrected chi connectivity index (χ4v) is 1.68. The fourth-order valence-electron chi connectivity index (χ4n) is 1.68. The molecule has 18 heavy (non-hydrogen) atoms. The highest BCUT2D eigenvalue weighted by Crippen LogP contribution is 2.21. The van der Waals surface area contributed by atoms with Crippen molar-refractivity contribution in [3.05, 3.63) is 41.1 Å². The first kappa shape index (κ1) is 12.4. The number of esters is 1. The summed E-state index contributed by atoms with van der Waals surface area (Å²) in [5, 5.41) is 6.83. The Morgan fingerprint density at radius 2 is 2.06 bits per heavy atom. The number of ether oxygens (including phenoxy) is 1. The van der Waals surface area contributed by atoms with E-state index in [0.717, 1.165) is 11.3 Å². The highest BCUT2D eigenvalue weighted by Gasteiger charge is 2.11. The molecule has 1 N–H and O–H groups in total. The summed E-state index contributed by atoms with van der Waals surface area (Å²) in [6.45, 7) is 6.25. The Morgan fingerprint density at radius 3 is 2.72 bits per heavy atom. The summed E-state index contributed by atoms with van der Waals surface area (Å²) in [5.41, 5.74) is 4.56. The number of rotatable bonds is 3. The van der Waals surface area contributed by atoms with Crippen molar-refractivity contribution in [2.45, 2.75) is 20.8 Å². The SMILES string of the molecule is CCOC(=O)c1cc(-c2ccc(C)c(C)c2)n[nH]1. The normalized spacial score (nSPS) is 10.4. The highest BCUT2D eigenvalue weighted by molar-refractivity contribution is 5.88. The Balaban J connectivity index is 2.29. The molecule has 0 aliphatic heterocycles. The number of carbonyl (C=O) groups excluding carboxylic acids is 1. The van der Waals surface area contributed by atoms with Gasteiger partial charge >= 0.3 is 5.97 Å². The van der Waals surface area contributed by atoms with E-state index in [1.54, 1.807) is 13.0 Å². The van der Waals surface area contributed by atoms with Gasteiger partial charge in [0.15, 0.2) is 0 Å². The summed E-state index contributed by atoms with van der Waals surface area (Å²) < 4.78 is 4.91. The van der Waals surface area contributed by atoms with Gasteiger partial charge in [0.25, 0.3) is 0 Å². The number of nitrogens with one attached hydrogen (secondary N) is 1. The molecule has 0 amide bonds. The van der Waals surface area contributed by atoms with Gasteiger partial charge in [-0.2, -0.15) is 5.10 Å². The number of carbonyl (C=O) groups is 1. The molecular weight excluding hydrogens is 228 g/mol. The summed E-state index contributed by atoms with van der Waals surface area (Å²) in [5.74, 6) is -0.375. The lowest BCUT2D eigenvalue weighted by Gasteiger charge is -2.01. The standard InChI is InChI=1S/C14H16N2O2/c1-4-18-14(17)13-8-12(15-16-13)11-6-5-9(2)10(3)7-11/h5-8H,4H2,1-3H3,(H,15,16). The lowest BCUT2D eigenvalue weighted by molar-refractivity contribution is 0.0519. The monoisotopic (exact) mass is 244 g/mol. The zero-order valence-electron chi connectivity index (χ0n) is 10.8. The molecule has 1 heterocycles. The van der Waals surface area contributed by atoms with Gasteiger partial charge in [-0.15, -0.1) is 0 Å². The molecule has 0 radical (unpaired) electrons. The fraction of sp³-hybridized carbons (Fsp3) is 0.286. The molecule has 0 saturated carbocycles. The van der Waals surface area contributed by atoms with Crippen LogP contribution in [-0.4, -0.2) is 22.8 Å². The summed E-state index contributed by atoms with van der Waals surface area (Å²) in [7, 11) is 0. The van der Waals surface area contributed by atoms with Gasteiger partial charge in [-0.05, 0) is 44.0 Å². The van der Waals surface area contributed by atoms with Gasteiger partial charge < -0.3 is 4.74 Å². The second-order valence-corrected chi connectivity index (χ2v) is 4.19. The third-order valence-corrected chi connectivity index (χ3v) is 2.88. The van der Waals surface area contributed by atoms with Crippen LogP contribution >= 0.6 is 0 Å². The molecule has 0 bridgehead atoms. The Bertz CT molecular complexity index is 573. The number of aryl methyl sites for hydroxylation is 2. The molecule has 0 fully saturated rings. The average molecular weight is 244 g/mol. The van der Waals surface area contributed by atoms with Crippen LogP contribution in [0.5, 0.6) is 0 Å². The molecule has 4 nitrogen and oxygen atoms in total. The van der Waals surface area contributed by atoms with Gasteiger partial charge in [0.1, 0.15) is 5.69 Å². The molecule has 0 aliphatic carbocycles. The Morgan fingerprint density at radius 1 is 1.28 bits per heavy atom. The second-order valence-electron chi connectivity index (χ2n) is 4.19. The van der Waals surface area contributed by atoms with Gasteiger partial charge in [0, 0.05) is 5.56 Å². The van der Waals surface area contributed by atoms with Crippen LogP contribution < -0.4 is 0 Å². The largest absolute Gasteiger partial charge is 0.461 e. The Hall–Kier alpha value is -2.10. The zero-order valence-corrected chi connectivity index (χ0v) is 10.8. The highest BCUT2D eigenvalue weighted by atomic mass is 16.5. The number of aromatic amines is 1. The predicted octanol–water partition coefficient (Wildman–Crippen LogP) is 2.87. The molecule has 0 spiro atoms. The molecule has 2 aromatic rings. The number of benzene rings is 1. The van der Waals surface area contributed by atoms with Crippen molar-refractivity contribution in [3.8, 4) is 11.3 Å². The van der Waals surface area contributed by atoms with Crippen molar-refractivity contribution in [2.75, 3.05) is 6.61 Å². The van der Waals surface area contributed by atoms with E-state index in [1.807, 2.05) is 12.1 Å². The Kier molecular flexibility index (Phi) is 3.46. The van der Waals surface area contributed by atoms with Crippen molar-refractivity contribution < 1.29 is 9.53 Å². The summed E-state index contributed by atoms with van der Waals surface area (Å²) in [4.78, 5) is 11.5. The molecule has 2 rings (SSSR count). The van der Waals surface area contributed by atoms with Crippen LogP contribution in [-0.2, 0) is 4.74 Å². The van der Waals surface area contributed by atoms with Crippen molar-refractivity contribution in [2.24, 2.45) is 0 Å². The van der Waals surface area contributed by atoms with E-state index in [0.29, 0.717) is 12.3 Å². The smallest absolute Gasteiger partial charge is 0.356 e. The number of hydrogen-bond donors (Lipinski definition) is 1. The van der Waals surface area contributed by atoms with E-state index < -0.39 is 0 Å². The van der Waals surface area contributed by atoms with Crippen molar-refractivity contribution in [1.29, 1.82) is 0 Å². The molecule has 0 atom stereocenters. The minimum Gasteiger partial charge on any atom is -0.461 e. The molecule has 0 aliphatic rings. The third kappa shape index (κ3) is 2.42. The van der Waals surface area contributed by atoms with Crippen molar-refractivity contribution in [3.63, 3.8) is 0 Å². The minimum absolute atomic E-state index is 0.358. The van der Waals surface area contributed by atoms with E-state index in [1.165, 1.54) is 11.1 Å². The maximum absolute atomic E-state index is 11.5. The molecule has 94 valence electrons. The van der Waals surface area contributed by atoms with Gasteiger partial charge in [0.05, 0.1) is 12.3 Å². The molecule has 4 heteroatoms. The van der Waals surface area contributed by atoms with Crippen LogP contribution in [0, 0.1) is 13.8 Å². The van der Waals surface area contributed by atoms with Crippen LogP contribution in [0.15, 0.2) is 24.3 Å². The van der Waals surface area contributed by atoms with Gasteiger partial charge in [0.2, 0.25) is 0 Å². The number of hydrogen-bond acceptors (Lipinski definition) is 3. The van der Waals surface area contributed by atoms with Crippen LogP contribution in [0.3, 0.4) is 0 Å². The number of nitrogens with zero attached hydrogens (tertiary/aromatic N) is 1. The maximum atomic E-state index is 11.5. The van der Waals surface area contributed by atoms with Gasteiger partial charge in [-0.3, -0.25) is 5.10 Å². The molecule has 0 unspecified atom stereocenters.